The number of amides is 2. The van der Waals surface area contributed by atoms with Crippen LogP contribution in [0.5, 0.6) is 0 Å². The van der Waals surface area contributed by atoms with E-state index in [9.17, 15) is 14.4 Å². The van der Waals surface area contributed by atoms with E-state index < -0.39 is 5.97 Å². The van der Waals surface area contributed by atoms with Crippen LogP contribution in [0.3, 0.4) is 0 Å². The Labute approximate surface area is 163 Å². The Bertz CT molecular complexity index is 971. The van der Waals surface area contributed by atoms with E-state index in [-0.39, 0.29) is 29.5 Å². The Morgan fingerprint density at radius 1 is 1.07 bits per heavy atom. The van der Waals surface area contributed by atoms with Gasteiger partial charge in [-0.1, -0.05) is 26.0 Å². The van der Waals surface area contributed by atoms with Crippen molar-refractivity contribution in [3.05, 3.63) is 70.3 Å². The second kappa shape index (κ2) is 8.05. The minimum Gasteiger partial charge on any atom is -0.457 e. The molecule has 0 atom stereocenters. The number of hydrogen-bond acceptors (Lipinski definition) is 5. The molecule has 28 heavy (non-hydrogen) atoms. The largest absolute Gasteiger partial charge is 0.457 e. The van der Waals surface area contributed by atoms with Gasteiger partial charge in [-0.25, -0.2) is 4.79 Å². The lowest BCUT2D eigenvalue weighted by atomic mass is 10.1. The molecule has 2 aromatic rings. The fourth-order valence-corrected chi connectivity index (χ4v) is 2.92. The number of carbonyl (C=O) groups is 3. The third-order valence-electron chi connectivity index (χ3n) is 4.59. The number of imide groups is 1. The summed E-state index contributed by atoms with van der Waals surface area (Å²) in [4.78, 5) is 38.6. The first-order valence-electron chi connectivity index (χ1n) is 9.07. The van der Waals surface area contributed by atoms with Crippen molar-refractivity contribution in [2.45, 2.75) is 26.9 Å². The van der Waals surface area contributed by atoms with Crippen LogP contribution in [0.2, 0.25) is 0 Å². The lowest BCUT2D eigenvalue weighted by Gasteiger charge is -2.14. The summed E-state index contributed by atoms with van der Waals surface area (Å²) < 4.78 is 5.28. The SMILES string of the molecule is CC(C)CCN1C(=O)c2ccc(C(=O)OCc3ccc(C#N)cc3)cc2C1=O. The highest BCUT2D eigenvalue weighted by atomic mass is 16.5. The second-order valence-corrected chi connectivity index (χ2v) is 7.09. The molecule has 0 fully saturated rings. The van der Waals surface area contributed by atoms with E-state index in [1.54, 1.807) is 24.3 Å². The number of fused-ring (bicyclic) bond motifs is 1. The summed E-state index contributed by atoms with van der Waals surface area (Å²) in [5.74, 6) is -0.898. The molecule has 0 saturated heterocycles. The Balaban J connectivity index is 1.70. The van der Waals surface area contributed by atoms with Crippen molar-refractivity contribution in [3.63, 3.8) is 0 Å². The van der Waals surface area contributed by atoms with Crippen molar-refractivity contribution >= 4 is 17.8 Å². The quantitative estimate of drug-likeness (QED) is 0.568. The number of carbonyl (C=O) groups excluding carboxylic acids is 3. The number of hydrogen-bond donors (Lipinski definition) is 0. The summed E-state index contributed by atoms with van der Waals surface area (Å²) in [5.41, 5.74) is 2.05. The van der Waals surface area contributed by atoms with Crippen LogP contribution in [-0.4, -0.2) is 29.2 Å². The van der Waals surface area contributed by atoms with Crippen LogP contribution < -0.4 is 0 Å². The normalized spacial score (nSPS) is 12.9. The van der Waals surface area contributed by atoms with Crippen LogP contribution in [-0.2, 0) is 11.3 Å². The molecule has 6 nitrogen and oxygen atoms in total. The number of nitrogens with zero attached hydrogens (tertiary/aromatic N) is 2. The molecular weight excluding hydrogens is 356 g/mol. The first-order chi connectivity index (χ1) is 13.4. The van der Waals surface area contributed by atoms with Crippen LogP contribution in [0.15, 0.2) is 42.5 Å². The minimum atomic E-state index is -0.576. The summed E-state index contributed by atoms with van der Waals surface area (Å²) in [5, 5.41) is 8.80. The number of nitriles is 1. The van der Waals surface area contributed by atoms with Crippen molar-refractivity contribution in [3.8, 4) is 6.07 Å². The molecular formula is C22H20N2O4. The van der Waals surface area contributed by atoms with Gasteiger partial charge in [0, 0.05) is 6.54 Å². The molecule has 0 saturated carbocycles. The molecule has 2 amide bonds. The Kier molecular flexibility index (Phi) is 5.55. The number of benzene rings is 2. The van der Waals surface area contributed by atoms with Gasteiger partial charge in [0.05, 0.1) is 28.3 Å². The van der Waals surface area contributed by atoms with Gasteiger partial charge in [0.15, 0.2) is 0 Å². The Hall–Kier alpha value is -3.46. The minimum absolute atomic E-state index is 0.0506. The zero-order valence-corrected chi connectivity index (χ0v) is 15.8. The Morgan fingerprint density at radius 3 is 2.39 bits per heavy atom. The van der Waals surface area contributed by atoms with Gasteiger partial charge in [-0.05, 0) is 48.2 Å². The van der Waals surface area contributed by atoms with Gasteiger partial charge in [-0.2, -0.15) is 5.26 Å². The molecule has 1 aliphatic rings. The predicted molar refractivity (Wildman–Crippen MR) is 102 cm³/mol. The van der Waals surface area contributed by atoms with Gasteiger partial charge in [-0.15, -0.1) is 0 Å². The maximum absolute atomic E-state index is 12.6. The zero-order valence-electron chi connectivity index (χ0n) is 15.8. The molecule has 142 valence electrons. The number of ether oxygens (including phenoxy) is 1. The van der Waals surface area contributed by atoms with E-state index in [1.165, 1.54) is 23.1 Å². The average Bonchev–Trinajstić information content (AvgIpc) is 2.94. The highest BCUT2D eigenvalue weighted by Gasteiger charge is 2.35. The molecule has 6 heteroatoms. The molecule has 0 N–H and O–H groups in total. The van der Waals surface area contributed by atoms with Crippen LogP contribution >= 0.6 is 0 Å². The number of rotatable bonds is 6. The van der Waals surface area contributed by atoms with Crippen LogP contribution in [0, 0.1) is 17.2 Å². The fourth-order valence-electron chi connectivity index (χ4n) is 2.92. The summed E-state index contributed by atoms with van der Waals surface area (Å²) in [6, 6.07) is 13.2. The first-order valence-corrected chi connectivity index (χ1v) is 9.07. The van der Waals surface area contributed by atoms with Crippen molar-refractivity contribution in [1.29, 1.82) is 5.26 Å². The maximum atomic E-state index is 12.6. The van der Waals surface area contributed by atoms with Crippen LogP contribution in [0.4, 0.5) is 0 Å². The van der Waals surface area contributed by atoms with E-state index in [2.05, 4.69) is 0 Å². The van der Waals surface area contributed by atoms with Crippen molar-refractivity contribution < 1.29 is 19.1 Å². The predicted octanol–water partition coefficient (Wildman–Crippen LogP) is 3.56. The molecule has 1 aliphatic heterocycles. The summed E-state index contributed by atoms with van der Waals surface area (Å²) in [7, 11) is 0. The fraction of sp³-hybridized carbons (Fsp3) is 0.273. The van der Waals surface area contributed by atoms with Crippen molar-refractivity contribution in [2.75, 3.05) is 6.54 Å². The molecule has 0 spiro atoms. The van der Waals surface area contributed by atoms with Gasteiger partial charge < -0.3 is 4.74 Å². The zero-order chi connectivity index (χ0) is 20.3. The average molecular weight is 376 g/mol. The monoisotopic (exact) mass is 376 g/mol. The van der Waals surface area contributed by atoms with Gasteiger partial charge in [0.2, 0.25) is 0 Å². The lowest BCUT2D eigenvalue weighted by molar-refractivity contribution is 0.0472. The van der Waals surface area contributed by atoms with Gasteiger partial charge >= 0.3 is 5.97 Å². The molecule has 0 bridgehead atoms. The van der Waals surface area contributed by atoms with E-state index in [0.717, 1.165) is 12.0 Å². The van der Waals surface area contributed by atoms with E-state index in [1.807, 2.05) is 19.9 Å². The topological polar surface area (TPSA) is 87.5 Å². The highest BCUT2D eigenvalue weighted by Crippen LogP contribution is 2.25. The van der Waals surface area contributed by atoms with Gasteiger partial charge in [0.1, 0.15) is 6.61 Å². The third-order valence-corrected chi connectivity index (χ3v) is 4.59. The van der Waals surface area contributed by atoms with Gasteiger partial charge in [-0.3, -0.25) is 14.5 Å². The molecule has 0 aliphatic carbocycles. The molecule has 0 unspecified atom stereocenters. The summed E-state index contributed by atoms with van der Waals surface area (Å²) in [6.45, 7) is 4.47. The highest BCUT2D eigenvalue weighted by molar-refractivity contribution is 6.21. The number of esters is 1. The van der Waals surface area contributed by atoms with Crippen molar-refractivity contribution in [2.24, 2.45) is 5.92 Å². The molecule has 2 aromatic carbocycles. The third kappa shape index (κ3) is 3.94. The standard InChI is InChI=1S/C22H20N2O4/c1-14(2)9-10-24-20(25)18-8-7-17(11-19(18)21(24)26)22(27)28-13-16-5-3-15(12-23)4-6-16/h3-8,11,14H,9-10,13H2,1-2H3. The lowest BCUT2D eigenvalue weighted by Crippen LogP contribution is -2.31. The van der Waals surface area contributed by atoms with E-state index >= 15 is 0 Å². The first kappa shape index (κ1) is 19.3. The molecule has 1 heterocycles. The Morgan fingerprint density at radius 2 is 1.75 bits per heavy atom. The van der Waals surface area contributed by atoms with E-state index in [4.69, 9.17) is 10.00 Å². The molecule has 0 radical (unpaired) electrons. The van der Waals surface area contributed by atoms with Gasteiger partial charge in [0.25, 0.3) is 11.8 Å². The molecule has 0 aromatic heterocycles. The maximum Gasteiger partial charge on any atom is 0.338 e. The smallest absolute Gasteiger partial charge is 0.338 e. The summed E-state index contributed by atoms with van der Waals surface area (Å²) in [6.07, 6.45) is 0.727. The molecule has 3 rings (SSSR count). The van der Waals surface area contributed by atoms with Crippen molar-refractivity contribution in [1.82, 2.24) is 4.90 Å². The van der Waals surface area contributed by atoms with E-state index in [0.29, 0.717) is 23.6 Å². The second-order valence-electron chi connectivity index (χ2n) is 7.09. The van der Waals surface area contributed by atoms with Crippen LogP contribution in [0.25, 0.3) is 0 Å². The van der Waals surface area contributed by atoms with Crippen LogP contribution in [0.1, 0.15) is 62.5 Å². The summed E-state index contributed by atoms with van der Waals surface area (Å²) >= 11 is 0.